The molecule has 25 heavy (non-hydrogen) atoms. The number of carbonyl (C=O) groups excluding carboxylic acids is 1. The summed E-state index contributed by atoms with van der Waals surface area (Å²) in [4.78, 5) is 12.5. The molecule has 2 aromatic rings. The highest BCUT2D eigenvalue weighted by Gasteiger charge is 2.17. The molecule has 0 aromatic heterocycles. The van der Waals surface area contributed by atoms with Gasteiger partial charge in [-0.15, -0.1) is 0 Å². The van der Waals surface area contributed by atoms with Crippen molar-refractivity contribution in [3.8, 4) is 23.0 Å². The van der Waals surface area contributed by atoms with Crippen LogP contribution in [0.1, 0.15) is 21.5 Å². The lowest BCUT2D eigenvalue weighted by Crippen LogP contribution is -2.23. The highest BCUT2D eigenvalue weighted by atomic mass is 16.5. The normalized spacial score (nSPS) is 10.1. The van der Waals surface area contributed by atoms with Crippen molar-refractivity contribution in [1.82, 2.24) is 5.32 Å². The van der Waals surface area contributed by atoms with E-state index in [1.807, 2.05) is 19.1 Å². The van der Waals surface area contributed by atoms with Crippen LogP contribution in [0.5, 0.6) is 23.0 Å². The third-order valence-electron chi connectivity index (χ3n) is 3.93. The van der Waals surface area contributed by atoms with E-state index in [1.54, 1.807) is 39.5 Å². The second-order valence-electron chi connectivity index (χ2n) is 5.35. The minimum Gasteiger partial charge on any atom is -0.496 e. The Morgan fingerprint density at radius 1 is 0.880 bits per heavy atom. The largest absolute Gasteiger partial charge is 0.496 e. The third-order valence-corrected chi connectivity index (χ3v) is 3.93. The van der Waals surface area contributed by atoms with E-state index >= 15 is 0 Å². The summed E-state index contributed by atoms with van der Waals surface area (Å²) in [7, 11) is 6.27. The van der Waals surface area contributed by atoms with E-state index in [9.17, 15) is 4.79 Å². The summed E-state index contributed by atoms with van der Waals surface area (Å²) in [6, 6.07) is 8.95. The zero-order valence-corrected chi connectivity index (χ0v) is 15.1. The fourth-order valence-corrected chi connectivity index (χ4v) is 2.60. The van der Waals surface area contributed by atoms with Gasteiger partial charge in [-0.25, -0.2) is 0 Å². The quantitative estimate of drug-likeness (QED) is 0.836. The molecule has 2 rings (SSSR count). The number of amides is 1. The van der Waals surface area contributed by atoms with Gasteiger partial charge in [0.15, 0.2) is 11.5 Å². The Labute approximate surface area is 147 Å². The highest BCUT2D eigenvalue weighted by Crippen LogP contribution is 2.31. The van der Waals surface area contributed by atoms with Gasteiger partial charge in [0.25, 0.3) is 5.91 Å². The van der Waals surface area contributed by atoms with Crippen molar-refractivity contribution in [2.45, 2.75) is 13.5 Å². The van der Waals surface area contributed by atoms with Crippen molar-refractivity contribution in [2.24, 2.45) is 0 Å². The van der Waals surface area contributed by atoms with Gasteiger partial charge in [0.05, 0.1) is 34.0 Å². The van der Waals surface area contributed by atoms with E-state index in [2.05, 4.69) is 5.32 Å². The Bertz CT molecular complexity index is 758. The molecule has 1 amide bonds. The molecule has 134 valence electrons. The first-order valence-electron chi connectivity index (χ1n) is 7.76. The molecule has 0 fully saturated rings. The number of benzene rings is 2. The van der Waals surface area contributed by atoms with Crippen LogP contribution in [-0.2, 0) is 6.54 Å². The molecule has 2 aromatic carbocycles. The SMILES string of the molecule is COc1ccc(CNC(=O)c2ccc(OC)c(C)c2OC)cc1OC. The van der Waals surface area contributed by atoms with Gasteiger partial charge in [-0.2, -0.15) is 0 Å². The van der Waals surface area contributed by atoms with Crippen LogP contribution >= 0.6 is 0 Å². The second kappa shape index (κ2) is 8.28. The lowest BCUT2D eigenvalue weighted by atomic mass is 10.1. The fourth-order valence-electron chi connectivity index (χ4n) is 2.60. The van der Waals surface area contributed by atoms with Crippen molar-refractivity contribution >= 4 is 5.91 Å². The Balaban J connectivity index is 2.17. The van der Waals surface area contributed by atoms with E-state index in [4.69, 9.17) is 18.9 Å². The smallest absolute Gasteiger partial charge is 0.255 e. The van der Waals surface area contributed by atoms with Crippen LogP contribution in [0.2, 0.25) is 0 Å². The summed E-state index contributed by atoms with van der Waals surface area (Å²) in [6.07, 6.45) is 0. The van der Waals surface area contributed by atoms with E-state index < -0.39 is 0 Å². The molecule has 0 radical (unpaired) electrons. The number of ether oxygens (including phenoxy) is 4. The maximum absolute atomic E-state index is 12.5. The molecular formula is C19H23NO5. The van der Waals surface area contributed by atoms with Crippen LogP contribution in [0.3, 0.4) is 0 Å². The Morgan fingerprint density at radius 3 is 2.12 bits per heavy atom. The monoisotopic (exact) mass is 345 g/mol. The summed E-state index contributed by atoms with van der Waals surface area (Å²) in [6.45, 7) is 2.20. The Hall–Kier alpha value is -2.89. The van der Waals surface area contributed by atoms with E-state index in [-0.39, 0.29) is 5.91 Å². The zero-order valence-electron chi connectivity index (χ0n) is 15.1. The second-order valence-corrected chi connectivity index (χ2v) is 5.35. The van der Waals surface area contributed by atoms with Crippen molar-refractivity contribution < 1.29 is 23.7 Å². The number of rotatable bonds is 7. The van der Waals surface area contributed by atoms with Gasteiger partial charge in [0.1, 0.15) is 11.5 Å². The summed E-state index contributed by atoms with van der Waals surface area (Å²) in [5.41, 5.74) is 2.14. The van der Waals surface area contributed by atoms with Gasteiger partial charge >= 0.3 is 0 Å². The number of nitrogens with one attached hydrogen (secondary N) is 1. The maximum Gasteiger partial charge on any atom is 0.255 e. The molecule has 0 saturated heterocycles. The number of hydrogen-bond donors (Lipinski definition) is 1. The van der Waals surface area contributed by atoms with Crippen LogP contribution in [-0.4, -0.2) is 34.3 Å². The van der Waals surface area contributed by atoms with E-state index in [1.165, 1.54) is 7.11 Å². The molecular weight excluding hydrogens is 322 g/mol. The van der Waals surface area contributed by atoms with Crippen LogP contribution in [0.15, 0.2) is 30.3 Å². The first-order valence-corrected chi connectivity index (χ1v) is 7.76. The molecule has 0 heterocycles. The lowest BCUT2D eigenvalue weighted by molar-refractivity contribution is 0.0947. The number of methoxy groups -OCH3 is 4. The summed E-state index contributed by atoms with van der Waals surface area (Å²) < 4.78 is 21.1. The molecule has 0 atom stereocenters. The molecule has 0 bridgehead atoms. The molecule has 0 aliphatic heterocycles. The number of hydrogen-bond acceptors (Lipinski definition) is 5. The van der Waals surface area contributed by atoms with Crippen molar-refractivity contribution in [3.05, 3.63) is 47.0 Å². The predicted molar refractivity (Wildman–Crippen MR) is 95.0 cm³/mol. The van der Waals surface area contributed by atoms with Crippen LogP contribution < -0.4 is 24.3 Å². The topological polar surface area (TPSA) is 66.0 Å². The molecule has 6 nitrogen and oxygen atoms in total. The van der Waals surface area contributed by atoms with Crippen LogP contribution in [0.4, 0.5) is 0 Å². The molecule has 0 unspecified atom stereocenters. The summed E-state index contributed by atoms with van der Waals surface area (Å²) in [5.74, 6) is 2.21. The minimum absolute atomic E-state index is 0.225. The molecule has 1 N–H and O–H groups in total. The number of carbonyl (C=O) groups is 1. The molecule has 0 saturated carbocycles. The molecule has 0 aliphatic rings. The zero-order chi connectivity index (χ0) is 18.4. The van der Waals surface area contributed by atoms with Gasteiger partial charge in [-0.1, -0.05) is 6.07 Å². The van der Waals surface area contributed by atoms with Gasteiger partial charge < -0.3 is 24.3 Å². The van der Waals surface area contributed by atoms with E-state index in [0.29, 0.717) is 35.1 Å². The van der Waals surface area contributed by atoms with Crippen molar-refractivity contribution in [1.29, 1.82) is 0 Å². The first-order chi connectivity index (χ1) is 12.0. The van der Waals surface area contributed by atoms with Gasteiger partial charge in [-0.3, -0.25) is 4.79 Å². The van der Waals surface area contributed by atoms with E-state index in [0.717, 1.165) is 11.1 Å². The average molecular weight is 345 g/mol. The highest BCUT2D eigenvalue weighted by molar-refractivity contribution is 5.97. The van der Waals surface area contributed by atoms with Crippen LogP contribution in [0.25, 0.3) is 0 Å². The third kappa shape index (κ3) is 3.96. The Kier molecular flexibility index (Phi) is 6.11. The minimum atomic E-state index is -0.225. The first kappa shape index (κ1) is 18.4. The molecule has 6 heteroatoms. The summed E-state index contributed by atoms with van der Waals surface area (Å²) in [5, 5.41) is 2.89. The maximum atomic E-state index is 12.5. The van der Waals surface area contributed by atoms with Crippen molar-refractivity contribution in [3.63, 3.8) is 0 Å². The predicted octanol–water partition coefficient (Wildman–Crippen LogP) is 2.96. The molecule has 0 aliphatic carbocycles. The lowest BCUT2D eigenvalue weighted by Gasteiger charge is -2.15. The van der Waals surface area contributed by atoms with Crippen molar-refractivity contribution in [2.75, 3.05) is 28.4 Å². The Morgan fingerprint density at radius 2 is 1.52 bits per heavy atom. The molecule has 0 spiro atoms. The van der Waals surface area contributed by atoms with Gasteiger partial charge in [0.2, 0.25) is 0 Å². The summed E-state index contributed by atoms with van der Waals surface area (Å²) >= 11 is 0. The fraction of sp³-hybridized carbons (Fsp3) is 0.316. The average Bonchev–Trinajstić information content (AvgIpc) is 2.65. The van der Waals surface area contributed by atoms with Gasteiger partial charge in [-0.05, 0) is 36.8 Å². The van der Waals surface area contributed by atoms with Gasteiger partial charge in [0, 0.05) is 12.1 Å². The standard InChI is InChI=1S/C19H23NO5/c1-12-15(22-2)9-7-14(18(12)25-5)19(21)20-11-13-6-8-16(23-3)17(10-13)24-4/h6-10H,11H2,1-5H3,(H,20,21). The van der Waals surface area contributed by atoms with Crippen LogP contribution in [0, 0.1) is 6.92 Å².